The zero-order chi connectivity index (χ0) is 11.4. The molecule has 6 nitrogen and oxygen atoms in total. The molecule has 0 aliphatic carbocycles. The van der Waals surface area contributed by atoms with Crippen molar-refractivity contribution in [1.82, 2.24) is 15.2 Å². The smallest absolute Gasteiger partial charge is 0.258 e. The second-order valence-electron chi connectivity index (χ2n) is 2.97. The van der Waals surface area contributed by atoms with E-state index in [9.17, 15) is 9.90 Å². The van der Waals surface area contributed by atoms with Crippen LogP contribution in [0, 0.1) is 0 Å². The van der Waals surface area contributed by atoms with E-state index in [1.54, 1.807) is 12.1 Å². The average Bonchev–Trinajstić information content (AvgIpc) is 2.30. The van der Waals surface area contributed by atoms with Crippen molar-refractivity contribution in [2.45, 2.75) is 0 Å². The first-order valence-corrected chi connectivity index (χ1v) is 4.50. The summed E-state index contributed by atoms with van der Waals surface area (Å²) in [6.45, 7) is 0. The van der Waals surface area contributed by atoms with Gasteiger partial charge < -0.3 is 5.11 Å². The molecular formula is C10H8N4O2. The summed E-state index contributed by atoms with van der Waals surface area (Å²) < 4.78 is 0. The Balaban J connectivity index is 2.15. The van der Waals surface area contributed by atoms with Gasteiger partial charge in [0.05, 0.1) is 12.4 Å². The number of anilines is 1. The van der Waals surface area contributed by atoms with Gasteiger partial charge in [0, 0.05) is 5.56 Å². The first-order chi connectivity index (χ1) is 7.75. The van der Waals surface area contributed by atoms with Crippen molar-refractivity contribution in [3.05, 3.63) is 42.2 Å². The number of amides is 1. The van der Waals surface area contributed by atoms with Gasteiger partial charge in [0.25, 0.3) is 5.91 Å². The lowest BCUT2D eigenvalue weighted by molar-refractivity contribution is 0.102. The van der Waals surface area contributed by atoms with E-state index in [0.717, 1.165) is 0 Å². The number of carbonyl (C=O) groups is 1. The molecule has 0 aliphatic rings. The lowest BCUT2D eigenvalue weighted by Gasteiger charge is -2.02. The molecule has 0 saturated carbocycles. The largest absolute Gasteiger partial charge is 0.508 e. The topological polar surface area (TPSA) is 88.0 Å². The Bertz CT molecular complexity index is 501. The Morgan fingerprint density at radius 1 is 1.31 bits per heavy atom. The van der Waals surface area contributed by atoms with Crippen LogP contribution >= 0.6 is 0 Å². The molecule has 80 valence electrons. The summed E-state index contributed by atoms with van der Waals surface area (Å²) in [6, 6.07) is 5.99. The molecule has 1 aromatic carbocycles. The molecule has 1 heterocycles. The predicted molar refractivity (Wildman–Crippen MR) is 55.9 cm³/mol. The van der Waals surface area contributed by atoms with Crippen LogP contribution in [0.4, 0.5) is 5.95 Å². The van der Waals surface area contributed by atoms with E-state index in [-0.39, 0.29) is 11.7 Å². The Kier molecular flexibility index (Phi) is 2.73. The van der Waals surface area contributed by atoms with Crippen molar-refractivity contribution in [3.8, 4) is 5.75 Å². The van der Waals surface area contributed by atoms with Crippen LogP contribution < -0.4 is 5.32 Å². The maximum Gasteiger partial charge on any atom is 0.258 e. The van der Waals surface area contributed by atoms with E-state index in [4.69, 9.17) is 0 Å². The molecule has 0 atom stereocenters. The van der Waals surface area contributed by atoms with Crippen LogP contribution in [0.2, 0.25) is 0 Å². The van der Waals surface area contributed by atoms with Gasteiger partial charge in [-0.2, -0.15) is 5.10 Å². The zero-order valence-electron chi connectivity index (χ0n) is 8.16. The Morgan fingerprint density at radius 3 is 2.88 bits per heavy atom. The maximum atomic E-state index is 11.6. The average molecular weight is 216 g/mol. The number of rotatable bonds is 2. The van der Waals surface area contributed by atoms with Crippen LogP contribution in [0.5, 0.6) is 5.75 Å². The van der Waals surface area contributed by atoms with Crippen LogP contribution in [0.3, 0.4) is 0 Å². The highest BCUT2D eigenvalue weighted by Gasteiger charge is 2.07. The molecule has 0 radical (unpaired) electrons. The second kappa shape index (κ2) is 4.35. The highest BCUT2D eigenvalue weighted by molar-refractivity contribution is 6.03. The number of hydrogen-bond donors (Lipinski definition) is 2. The van der Waals surface area contributed by atoms with E-state index >= 15 is 0 Å². The molecule has 0 saturated heterocycles. The Morgan fingerprint density at radius 2 is 2.19 bits per heavy atom. The van der Waals surface area contributed by atoms with Crippen molar-refractivity contribution < 1.29 is 9.90 Å². The Hall–Kier alpha value is -2.50. The van der Waals surface area contributed by atoms with Gasteiger partial charge in [0.1, 0.15) is 5.75 Å². The second-order valence-corrected chi connectivity index (χ2v) is 2.97. The van der Waals surface area contributed by atoms with Gasteiger partial charge in [-0.15, -0.1) is 5.10 Å². The summed E-state index contributed by atoms with van der Waals surface area (Å²) in [5.41, 5.74) is 0.326. The van der Waals surface area contributed by atoms with Gasteiger partial charge in [-0.05, 0) is 18.2 Å². The lowest BCUT2D eigenvalue weighted by atomic mass is 10.2. The first kappa shape index (κ1) is 10.0. The van der Waals surface area contributed by atoms with Crippen molar-refractivity contribution >= 4 is 11.9 Å². The summed E-state index contributed by atoms with van der Waals surface area (Å²) in [7, 11) is 0. The number of aromatic nitrogens is 3. The molecule has 0 bridgehead atoms. The van der Waals surface area contributed by atoms with Crippen molar-refractivity contribution in [2.24, 2.45) is 0 Å². The number of phenols is 1. The van der Waals surface area contributed by atoms with Gasteiger partial charge in [-0.1, -0.05) is 6.07 Å². The summed E-state index contributed by atoms with van der Waals surface area (Å²) in [4.78, 5) is 15.4. The van der Waals surface area contributed by atoms with Gasteiger partial charge in [-0.25, -0.2) is 4.98 Å². The molecule has 2 N–H and O–H groups in total. The van der Waals surface area contributed by atoms with Crippen LogP contribution in [0.15, 0.2) is 36.7 Å². The minimum absolute atomic E-state index is 0.0276. The fraction of sp³-hybridized carbons (Fsp3) is 0. The van der Waals surface area contributed by atoms with Crippen LogP contribution in [-0.2, 0) is 0 Å². The fourth-order valence-electron chi connectivity index (χ4n) is 1.13. The van der Waals surface area contributed by atoms with Gasteiger partial charge >= 0.3 is 0 Å². The SMILES string of the molecule is O=C(Nc1nccnn1)c1cccc(O)c1. The summed E-state index contributed by atoms with van der Waals surface area (Å²) in [5.74, 6) is -0.250. The highest BCUT2D eigenvalue weighted by Crippen LogP contribution is 2.11. The van der Waals surface area contributed by atoms with Crippen LogP contribution in [-0.4, -0.2) is 26.2 Å². The van der Waals surface area contributed by atoms with E-state index in [1.165, 1.54) is 24.5 Å². The third-order valence-electron chi connectivity index (χ3n) is 1.82. The van der Waals surface area contributed by atoms with Crippen molar-refractivity contribution in [1.29, 1.82) is 0 Å². The van der Waals surface area contributed by atoms with Crippen molar-refractivity contribution in [2.75, 3.05) is 5.32 Å². The van der Waals surface area contributed by atoms with Crippen molar-refractivity contribution in [3.63, 3.8) is 0 Å². The Labute approximate surface area is 91.0 Å². The van der Waals surface area contributed by atoms with Crippen LogP contribution in [0.1, 0.15) is 10.4 Å². The summed E-state index contributed by atoms with van der Waals surface area (Å²) in [6.07, 6.45) is 2.83. The van der Waals surface area contributed by atoms with Gasteiger partial charge in [-0.3, -0.25) is 10.1 Å². The third-order valence-corrected chi connectivity index (χ3v) is 1.82. The monoisotopic (exact) mass is 216 g/mol. The zero-order valence-corrected chi connectivity index (χ0v) is 8.16. The summed E-state index contributed by atoms with van der Waals surface area (Å²) in [5, 5.41) is 18.8. The predicted octanol–water partition coefficient (Wildman–Crippen LogP) is 0.829. The van der Waals surface area contributed by atoms with E-state index in [0.29, 0.717) is 5.56 Å². The van der Waals surface area contributed by atoms with E-state index < -0.39 is 5.91 Å². The molecule has 0 spiro atoms. The number of aromatic hydroxyl groups is 1. The minimum atomic E-state index is -0.399. The third kappa shape index (κ3) is 2.30. The molecule has 1 aromatic heterocycles. The maximum absolute atomic E-state index is 11.6. The molecule has 1 amide bonds. The molecular weight excluding hydrogens is 208 g/mol. The molecule has 0 aliphatic heterocycles. The normalized spacial score (nSPS) is 9.75. The number of phenolic OH excluding ortho intramolecular Hbond substituents is 1. The van der Waals surface area contributed by atoms with E-state index in [1.807, 2.05) is 0 Å². The molecule has 6 heteroatoms. The number of nitrogens with one attached hydrogen (secondary N) is 1. The number of hydrogen-bond acceptors (Lipinski definition) is 5. The molecule has 2 aromatic rings. The molecule has 0 unspecified atom stereocenters. The quantitative estimate of drug-likeness (QED) is 0.776. The molecule has 2 rings (SSSR count). The van der Waals surface area contributed by atoms with Gasteiger partial charge in [0.2, 0.25) is 5.95 Å². The molecule has 0 fully saturated rings. The summed E-state index contributed by atoms with van der Waals surface area (Å²) >= 11 is 0. The highest BCUT2D eigenvalue weighted by atomic mass is 16.3. The lowest BCUT2D eigenvalue weighted by Crippen LogP contribution is -2.14. The minimum Gasteiger partial charge on any atom is -0.508 e. The fourth-order valence-corrected chi connectivity index (χ4v) is 1.13. The number of nitrogens with zero attached hydrogens (tertiary/aromatic N) is 3. The molecule has 16 heavy (non-hydrogen) atoms. The van der Waals surface area contributed by atoms with Crippen LogP contribution in [0.25, 0.3) is 0 Å². The van der Waals surface area contributed by atoms with E-state index in [2.05, 4.69) is 20.5 Å². The first-order valence-electron chi connectivity index (χ1n) is 4.50. The van der Waals surface area contributed by atoms with Gasteiger partial charge in [0.15, 0.2) is 0 Å². The number of carbonyl (C=O) groups excluding carboxylic acids is 1. The standard InChI is InChI=1S/C10H8N4O2/c15-8-3-1-2-7(6-8)9(16)13-10-11-4-5-12-14-10/h1-6,15H,(H,11,13,14,16). The number of benzene rings is 1.